The standard InChI is InChI=1S/C22H20ClNO6/c1-14(21(25)24-18-12-15(23)8-10-19(18)27-2)29-22(26)20-11-9-17(30-20)13-28-16-6-4-3-5-7-16/h3-12,14H,13H2,1-2H3,(H,24,25)/t14-/m0/s1. The van der Waals surface area contributed by atoms with E-state index < -0.39 is 18.0 Å². The highest BCUT2D eigenvalue weighted by molar-refractivity contribution is 6.31. The fourth-order valence-electron chi connectivity index (χ4n) is 2.52. The maximum Gasteiger partial charge on any atom is 0.375 e. The summed E-state index contributed by atoms with van der Waals surface area (Å²) >= 11 is 5.95. The molecule has 1 atom stereocenters. The number of furan rings is 1. The molecule has 0 aliphatic rings. The van der Waals surface area contributed by atoms with Gasteiger partial charge in [-0.2, -0.15) is 0 Å². The van der Waals surface area contributed by atoms with E-state index in [1.165, 1.54) is 20.1 Å². The lowest BCUT2D eigenvalue weighted by Crippen LogP contribution is -2.30. The van der Waals surface area contributed by atoms with Crippen molar-refractivity contribution in [2.75, 3.05) is 12.4 Å². The largest absolute Gasteiger partial charge is 0.495 e. The van der Waals surface area contributed by atoms with Gasteiger partial charge in [0.25, 0.3) is 5.91 Å². The minimum absolute atomic E-state index is 0.0263. The highest BCUT2D eigenvalue weighted by atomic mass is 35.5. The molecule has 0 bridgehead atoms. The number of hydrogen-bond donors (Lipinski definition) is 1. The normalized spacial score (nSPS) is 11.4. The molecule has 0 saturated carbocycles. The van der Waals surface area contributed by atoms with Crippen molar-refractivity contribution in [1.29, 1.82) is 0 Å². The van der Waals surface area contributed by atoms with Crippen LogP contribution in [0.3, 0.4) is 0 Å². The lowest BCUT2D eigenvalue weighted by atomic mass is 10.2. The van der Waals surface area contributed by atoms with Gasteiger partial charge in [0.2, 0.25) is 5.76 Å². The number of benzene rings is 2. The minimum Gasteiger partial charge on any atom is -0.495 e. The van der Waals surface area contributed by atoms with Crippen LogP contribution >= 0.6 is 11.6 Å². The third kappa shape index (κ3) is 5.55. The predicted molar refractivity (Wildman–Crippen MR) is 111 cm³/mol. The number of nitrogens with one attached hydrogen (secondary N) is 1. The van der Waals surface area contributed by atoms with Crippen LogP contribution in [0.4, 0.5) is 5.69 Å². The Kier molecular flexibility index (Phi) is 6.98. The Morgan fingerprint density at radius 2 is 1.87 bits per heavy atom. The summed E-state index contributed by atoms with van der Waals surface area (Å²) < 4.78 is 21.4. The first-order chi connectivity index (χ1) is 14.5. The van der Waals surface area contributed by atoms with Gasteiger partial charge in [-0.25, -0.2) is 4.79 Å². The fourth-order valence-corrected chi connectivity index (χ4v) is 2.69. The summed E-state index contributed by atoms with van der Waals surface area (Å²) in [6.07, 6.45) is -1.07. The van der Waals surface area contributed by atoms with Crippen LogP contribution in [0.2, 0.25) is 5.02 Å². The average Bonchev–Trinajstić information content (AvgIpc) is 3.22. The second-order valence-corrected chi connectivity index (χ2v) is 6.69. The molecule has 0 unspecified atom stereocenters. The Labute approximate surface area is 178 Å². The first kappa shape index (κ1) is 21.3. The summed E-state index contributed by atoms with van der Waals surface area (Å²) in [6, 6.07) is 17.1. The number of hydrogen-bond acceptors (Lipinski definition) is 6. The van der Waals surface area contributed by atoms with Gasteiger partial charge in [0.05, 0.1) is 12.8 Å². The van der Waals surface area contributed by atoms with Crippen LogP contribution in [0.25, 0.3) is 0 Å². The lowest BCUT2D eigenvalue weighted by Gasteiger charge is -2.15. The van der Waals surface area contributed by atoms with Gasteiger partial charge in [0, 0.05) is 5.02 Å². The molecule has 3 rings (SSSR count). The summed E-state index contributed by atoms with van der Waals surface area (Å²) in [4.78, 5) is 24.7. The number of halogens is 1. The molecule has 156 valence electrons. The van der Waals surface area contributed by atoms with E-state index in [-0.39, 0.29) is 12.4 Å². The maximum absolute atomic E-state index is 12.4. The van der Waals surface area contributed by atoms with Crippen molar-refractivity contribution in [3.8, 4) is 11.5 Å². The first-order valence-corrected chi connectivity index (χ1v) is 9.46. The number of carbonyl (C=O) groups excluding carboxylic acids is 2. The molecule has 1 amide bonds. The third-order valence-corrected chi connectivity index (χ3v) is 4.29. The molecular formula is C22H20ClNO6. The molecule has 2 aromatic carbocycles. The van der Waals surface area contributed by atoms with E-state index in [2.05, 4.69) is 5.32 Å². The number of ether oxygens (including phenoxy) is 3. The van der Waals surface area contributed by atoms with Crippen molar-refractivity contribution in [3.05, 3.63) is 77.2 Å². The van der Waals surface area contributed by atoms with E-state index in [4.69, 9.17) is 30.2 Å². The third-order valence-electron chi connectivity index (χ3n) is 4.06. The van der Waals surface area contributed by atoms with Crippen LogP contribution in [0.15, 0.2) is 65.1 Å². The second-order valence-electron chi connectivity index (χ2n) is 6.25. The minimum atomic E-state index is -1.07. The molecule has 0 aliphatic carbocycles. The molecule has 0 aliphatic heterocycles. The molecule has 0 radical (unpaired) electrons. The number of para-hydroxylation sites is 1. The highest BCUT2D eigenvalue weighted by Gasteiger charge is 2.22. The van der Waals surface area contributed by atoms with E-state index in [1.807, 2.05) is 30.3 Å². The Morgan fingerprint density at radius 3 is 2.60 bits per heavy atom. The number of carbonyl (C=O) groups is 2. The predicted octanol–water partition coefficient (Wildman–Crippen LogP) is 4.70. The maximum atomic E-state index is 12.4. The SMILES string of the molecule is COc1ccc(Cl)cc1NC(=O)[C@H](C)OC(=O)c1ccc(COc2ccccc2)o1. The van der Waals surface area contributed by atoms with Crippen LogP contribution in [0, 0.1) is 0 Å². The van der Waals surface area contributed by atoms with E-state index in [0.717, 1.165) is 0 Å². The Balaban J connectivity index is 1.56. The zero-order valence-electron chi connectivity index (χ0n) is 16.4. The average molecular weight is 430 g/mol. The molecular weight excluding hydrogens is 410 g/mol. The van der Waals surface area contributed by atoms with Gasteiger partial charge in [-0.05, 0) is 49.4 Å². The molecule has 1 N–H and O–H groups in total. The van der Waals surface area contributed by atoms with Crippen molar-refractivity contribution in [1.82, 2.24) is 0 Å². The van der Waals surface area contributed by atoms with Crippen LogP contribution in [0.1, 0.15) is 23.2 Å². The van der Waals surface area contributed by atoms with Crippen LogP contribution < -0.4 is 14.8 Å². The first-order valence-electron chi connectivity index (χ1n) is 9.08. The second kappa shape index (κ2) is 9.84. The number of anilines is 1. The number of esters is 1. The zero-order valence-corrected chi connectivity index (χ0v) is 17.1. The van der Waals surface area contributed by atoms with Crippen molar-refractivity contribution in [2.45, 2.75) is 19.6 Å². The molecule has 1 heterocycles. The van der Waals surface area contributed by atoms with Crippen LogP contribution in [-0.4, -0.2) is 25.1 Å². The summed E-state index contributed by atoms with van der Waals surface area (Å²) in [5, 5.41) is 3.05. The van der Waals surface area contributed by atoms with Crippen LogP contribution in [-0.2, 0) is 16.1 Å². The van der Waals surface area contributed by atoms with Crippen molar-refractivity contribution >= 4 is 29.2 Å². The lowest BCUT2D eigenvalue weighted by molar-refractivity contribution is -0.123. The van der Waals surface area contributed by atoms with Gasteiger partial charge in [0.15, 0.2) is 6.10 Å². The smallest absolute Gasteiger partial charge is 0.375 e. The molecule has 0 spiro atoms. The molecule has 30 heavy (non-hydrogen) atoms. The molecule has 3 aromatic rings. The summed E-state index contributed by atoms with van der Waals surface area (Å²) in [7, 11) is 1.47. The van der Waals surface area contributed by atoms with Crippen molar-refractivity contribution in [3.63, 3.8) is 0 Å². The molecule has 1 aromatic heterocycles. The Hall–Kier alpha value is -3.45. The number of amides is 1. The number of rotatable bonds is 8. The highest BCUT2D eigenvalue weighted by Crippen LogP contribution is 2.28. The Morgan fingerprint density at radius 1 is 1.10 bits per heavy atom. The number of methoxy groups -OCH3 is 1. The quantitative estimate of drug-likeness (QED) is 0.522. The van der Waals surface area contributed by atoms with E-state index in [1.54, 1.807) is 24.3 Å². The molecule has 0 saturated heterocycles. The topological polar surface area (TPSA) is 87.0 Å². The summed E-state index contributed by atoms with van der Waals surface area (Å²) in [5.74, 6) is 0.234. The molecule has 0 fully saturated rings. The molecule has 8 heteroatoms. The van der Waals surface area contributed by atoms with Gasteiger partial charge < -0.3 is 23.9 Å². The molecule has 7 nitrogen and oxygen atoms in total. The van der Waals surface area contributed by atoms with E-state index in [0.29, 0.717) is 28.0 Å². The van der Waals surface area contributed by atoms with Crippen LogP contribution in [0.5, 0.6) is 11.5 Å². The zero-order chi connectivity index (χ0) is 21.5. The van der Waals surface area contributed by atoms with Crippen molar-refractivity contribution in [2.24, 2.45) is 0 Å². The van der Waals surface area contributed by atoms with Gasteiger partial charge >= 0.3 is 5.97 Å². The summed E-state index contributed by atoms with van der Waals surface area (Å²) in [6.45, 7) is 1.61. The van der Waals surface area contributed by atoms with Gasteiger partial charge in [0.1, 0.15) is 23.9 Å². The van der Waals surface area contributed by atoms with E-state index in [9.17, 15) is 9.59 Å². The van der Waals surface area contributed by atoms with Gasteiger partial charge in [-0.15, -0.1) is 0 Å². The van der Waals surface area contributed by atoms with Gasteiger partial charge in [-0.3, -0.25) is 4.79 Å². The monoisotopic (exact) mass is 429 g/mol. The Bertz CT molecular complexity index is 1020. The van der Waals surface area contributed by atoms with Crippen molar-refractivity contribution < 1.29 is 28.2 Å². The fraction of sp³-hybridized carbons (Fsp3) is 0.182. The van der Waals surface area contributed by atoms with Gasteiger partial charge in [-0.1, -0.05) is 29.8 Å². The summed E-state index contributed by atoms with van der Waals surface area (Å²) in [5.41, 5.74) is 0.372. The van der Waals surface area contributed by atoms with E-state index >= 15 is 0 Å².